The van der Waals surface area contributed by atoms with Crippen molar-refractivity contribution in [2.75, 3.05) is 21.7 Å². The van der Waals surface area contributed by atoms with Gasteiger partial charge in [0.25, 0.3) is 0 Å². The fourth-order valence-corrected chi connectivity index (χ4v) is 6.78. The zero-order valence-corrected chi connectivity index (χ0v) is 23.4. The molecule has 0 saturated heterocycles. The second-order valence-corrected chi connectivity index (χ2v) is 11.1. The molecule has 1 unspecified atom stereocenters. The van der Waals surface area contributed by atoms with Crippen LogP contribution in [0.15, 0.2) is 144 Å². The maximum absolute atomic E-state index is 6.67. The maximum atomic E-state index is 6.67. The van der Waals surface area contributed by atoms with Crippen LogP contribution in [0.3, 0.4) is 0 Å². The zero-order chi connectivity index (χ0) is 28.3. The summed E-state index contributed by atoms with van der Waals surface area (Å²) in [5, 5.41) is 8.39. The molecule has 3 aliphatic heterocycles. The van der Waals surface area contributed by atoms with E-state index in [1.807, 2.05) is 12.3 Å². The molecule has 0 aliphatic carbocycles. The van der Waals surface area contributed by atoms with Gasteiger partial charge in [-0.15, -0.1) is 0 Å². The van der Waals surface area contributed by atoms with Gasteiger partial charge < -0.3 is 24.9 Å². The third-order valence-corrected chi connectivity index (χ3v) is 8.67. The topological polar surface area (TPSA) is 43.7 Å². The Morgan fingerprint density at radius 1 is 0.698 bits per heavy atom. The molecule has 1 atom stereocenters. The van der Waals surface area contributed by atoms with Crippen LogP contribution in [0.4, 0.5) is 34.1 Å². The Kier molecular flexibility index (Phi) is 5.26. The standard InChI is InChI=1S/C38H28N4O/c1-3-11-25(12-4-1)38-40-32-23-27(19-20-34(32)42(38)26-13-5-2-6-14-26)41-33-17-9-7-15-29(33)28-21-22-39-24-31(28)37-36(41)30-16-8-10-18-35(30)43-37/h1-23,38-40H,24H2. The maximum Gasteiger partial charge on any atom is 0.157 e. The van der Waals surface area contributed by atoms with Gasteiger partial charge in [0.2, 0.25) is 0 Å². The first kappa shape index (κ1) is 24.0. The SMILES string of the molecule is C1=CC2=C(CN1)c1oc3ccccc3c1N(c1ccc3c(c1)NC(c1ccccc1)N3c1ccccc1)c1ccccc12. The highest BCUT2D eigenvalue weighted by molar-refractivity contribution is 6.12. The number of allylic oxidation sites excluding steroid dienone is 2. The summed E-state index contributed by atoms with van der Waals surface area (Å²) in [6.07, 6.45) is 4.18. The van der Waals surface area contributed by atoms with Crippen LogP contribution in [-0.4, -0.2) is 6.54 Å². The minimum absolute atomic E-state index is 0.0271. The van der Waals surface area contributed by atoms with Crippen LogP contribution in [0.25, 0.3) is 22.1 Å². The van der Waals surface area contributed by atoms with Crippen LogP contribution in [0.5, 0.6) is 0 Å². The Morgan fingerprint density at radius 3 is 2.35 bits per heavy atom. The average molecular weight is 557 g/mol. The number of hydrogen-bond donors (Lipinski definition) is 2. The molecule has 0 bridgehead atoms. The molecule has 206 valence electrons. The first-order valence-electron chi connectivity index (χ1n) is 14.7. The predicted molar refractivity (Wildman–Crippen MR) is 176 cm³/mol. The molecule has 0 radical (unpaired) electrons. The molecule has 2 N–H and O–H groups in total. The van der Waals surface area contributed by atoms with E-state index < -0.39 is 0 Å². The van der Waals surface area contributed by atoms with Gasteiger partial charge in [0.15, 0.2) is 5.76 Å². The van der Waals surface area contributed by atoms with Crippen molar-refractivity contribution in [3.8, 4) is 0 Å². The molecule has 0 saturated carbocycles. The smallest absolute Gasteiger partial charge is 0.157 e. The van der Waals surface area contributed by atoms with Gasteiger partial charge in [0.1, 0.15) is 17.4 Å². The number of nitrogens with one attached hydrogen (secondary N) is 2. The van der Waals surface area contributed by atoms with Gasteiger partial charge in [-0.3, -0.25) is 0 Å². The van der Waals surface area contributed by atoms with Crippen molar-refractivity contribution in [3.05, 3.63) is 157 Å². The summed E-state index contributed by atoms with van der Waals surface area (Å²) in [6.45, 7) is 0.706. The van der Waals surface area contributed by atoms with Crippen molar-refractivity contribution in [1.29, 1.82) is 0 Å². The summed E-state index contributed by atoms with van der Waals surface area (Å²) in [4.78, 5) is 4.77. The lowest BCUT2D eigenvalue weighted by molar-refractivity contribution is 0.597. The number of rotatable bonds is 3. The quantitative estimate of drug-likeness (QED) is 0.227. The molecule has 0 amide bonds. The van der Waals surface area contributed by atoms with E-state index in [0.717, 1.165) is 50.9 Å². The van der Waals surface area contributed by atoms with Crippen molar-refractivity contribution in [2.45, 2.75) is 6.17 Å². The molecule has 9 rings (SSSR count). The van der Waals surface area contributed by atoms with Crippen LogP contribution < -0.4 is 20.4 Å². The van der Waals surface area contributed by atoms with Gasteiger partial charge >= 0.3 is 0 Å². The molecule has 6 aromatic rings. The van der Waals surface area contributed by atoms with Crippen LogP contribution in [0, 0.1) is 0 Å². The number of benzene rings is 5. The highest BCUT2D eigenvalue weighted by Gasteiger charge is 2.35. The zero-order valence-electron chi connectivity index (χ0n) is 23.4. The van der Waals surface area contributed by atoms with Crippen molar-refractivity contribution in [1.82, 2.24) is 5.32 Å². The van der Waals surface area contributed by atoms with Gasteiger partial charge in [0, 0.05) is 34.4 Å². The van der Waals surface area contributed by atoms with Crippen LogP contribution in [0.1, 0.15) is 23.1 Å². The second kappa shape index (κ2) is 9.43. The van der Waals surface area contributed by atoms with Crippen molar-refractivity contribution >= 4 is 56.2 Å². The Bertz CT molecular complexity index is 2080. The molecular formula is C38H28N4O. The van der Waals surface area contributed by atoms with E-state index in [4.69, 9.17) is 4.42 Å². The number of anilines is 6. The third-order valence-electron chi connectivity index (χ3n) is 8.67. The van der Waals surface area contributed by atoms with Crippen molar-refractivity contribution in [3.63, 3.8) is 0 Å². The molecular weight excluding hydrogens is 528 g/mol. The lowest BCUT2D eigenvalue weighted by Crippen LogP contribution is -2.23. The fourth-order valence-electron chi connectivity index (χ4n) is 6.78. The molecule has 5 nitrogen and oxygen atoms in total. The Morgan fingerprint density at radius 2 is 1.47 bits per heavy atom. The van der Waals surface area contributed by atoms with Crippen molar-refractivity contribution < 1.29 is 4.42 Å². The molecule has 0 spiro atoms. The van der Waals surface area contributed by atoms with Crippen molar-refractivity contribution in [2.24, 2.45) is 0 Å². The highest BCUT2D eigenvalue weighted by atomic mass is 16.3. The van der Waals surface area contributed by atoms with Gasteiger partial charge in [-0.05, 0) is 71.9 Å². The Balaban J connectivity index is 1.27. The van der Waals surface area contributed by atoms with Gasteiger partial charge in [-0.2, -0.15) is 0 Å². The number of fused-ring (bicyclic) bond motifs is 7. The lowest BCUT2D eigenvalue weighted by Gasteiger charge is -2.28. The molecule has 5 aromatic carbocycles. The van der Waals surface area contributed by atoms with E-state index in [1.165, 1.54) is 22.3 Å². The number of para-hydroxylation sites is 3. The van der Waals surface area contributed by atoms with Crippen LogP contribution in [-0.2, 0) is 0 Å². The van der Waals surface area contributed by atoms with Crippen LogP contribution >= 0.6 is 0 Å². The molecule has 0 fully saturated rings. The van der Waals surface area contributed by atoms with E-state index in [9.17, 15) is 0 Å². The van der Waals surface area contributed by atoms with Gasteiger partial charge in [-0.1, -0.05) is 78.9 Å². The monoisotopic (exact) mass is 556 g/mol. The summed E-state index contributed by atoms with van der Waals surface area (Å²) in [5.41, 5.74) is 12.3. The predicted octanol–water partition coefficient (Wildman–Crippen LogP) is 9.51. The summed E-state index contributed by atoms with van der Waals surface area (Å²) >= 11 is 0. The minimum Gasteiger partial charge on any atom is -0.454 e. The number of nitrogens with zero attached hydrogens (tertiary/aromatic N) is 2. The summed E-state index contributed by atoms with van der Waals surface area (Å²) in [5.74, 6) is 0.908. The molecule has 43 heavy (non-hydrogen) atoms. The number of furan rings is 1. The Labute approximate surface area is 250 Å². The average Bonchev–Trinajstić information content (AvgIpc) is 3.62. The molecule has 1 aromatic heterocycles. The van der Waals surface area contributed by atoms with E-state index >= 15 is 0 Å². The van der Waals surface area contributed by atoms with E-state index in [-0.39, 0.29) is 6.17 Å². The molecule has 4 heterocycles. The lowest BCUT2D eigenvalue weighted by atomic mass is 9.96. The first-order chi connectivity index (χ1) is 21.3. The second-order valence-electron chi connectivity index (χ2n) is 11.1. The summed E-state index contributed by atoms with van der Waals surface area (Å²) in [6, 6.07) is 45.1. The minimum atomic E-state index is -0.0271. The summed E-state index contributed by atoms with van der Waals surface area (Å²) in [7, 11) is 0. The largest absolute Gasteiger partial charge is 0.454 e. The number of hydrogen-bond acceptors (Lipinski definition) is 5. The third kappa shape index (κ3) is 3.65. The van der Waals surface area contributed by atoms with E-state index in [2.05, 4.69) is 148 Å². The van der Waals surface area contributed by atoms with Gasteiger partial charge in [0.05, 0.1) is 17.1 Å². The molecule has 5 heteroatoms. The molecule has 3 aliphatic rings. The first-order valence-corrected chi connectivity index (χ1v) is 14.7. The number of dihydropyridines is 1. The normalized spacial score (nSPS) is 16.6. The van der Waals surface area contributed by atoms with Crippen LogP contribution in [0.2, 0.25) is 0 Å². The summed E-state index contributed by atoms with van der Waals surface area (Å²) < 4.78 is 6.67. The fraction of sp³-hybridized carbons (Fsp3) is 0.0526. The van der Waals surface area contributed by atoms with Gasteiger partial charge in [-0.25, -0.2) is 0 Å². The van der Waals surface area contributed by atoms with E-state index in [0.29, 0.717) is 6.54 Å². The van der Waals surface area contributed by atoms with E-state index in [1.54, 1.807) is 0 Å². The highest BCUT2D eigenvalue weighted by Crippen LogP contribution is 2.54. The Hall–Kier alpha value is -5.68.